The van der Waals surface area contributed by atoms with Gasteiger partial charge in [0.25, 0.3) is 0 Å². The Morgan fingerprint density at radius 1 is 1.18 bits per heavy atom. The number of piperidine rings is 1. The highest BCUT2D eigenvalue weighted by Gasteiger charge is 2.62. The molecule has 1 aromatic carbocycles. The van der Waals surface area contributed by atoms with Gasteiger partial charge in [0.1, 0.15) is 17.9 Å². The van der Waals surface area contributed by atoms with Crippen molar-refractivity contribution < 1.29 is 13.9 Å². The maximum Gasteiger partial charge on any atom is 0.316 e. The van der Waals surface area contributed by atoms with Crippen LogP contribution in [-0.2, 0) is 4.79 Å². The van der Waals surface area contributed by atoms with Gasteiger partial charge in [0.2, 0.25) is 11.8 Å². The molecular formula is C21H24N4O3. The van der Waals surface area contributed by atoms with E-state index in [9.17, 15) is 4.79 Å². The normalized spacial score (nSPS) is 29.6. The summed E-state index contributed by atoms with van der Waals surface area (Å²) < 4.78 is 11.8. The van der Waals surface area contributed by atoms with Crippen molar-refractivity contribution in [2.24, 2.45) is 5.41 Å². The Kier molecular flexibility index (Phi) is 3.35. The fraction of sp³-hybridized carbons (Fsp3) is 0.571. The van der Waals surface area contributed by atoms with E-state index < -0.39 is 0 Å². The summed E-state index contributed by atoms with van der Waals surface area (Å²) in [5, 5.41) is 11.4. The van der Waals surface area contributed by atoms with Crippen LogP contribution in [0.5, 0.6) is 5.75 Å². The quantitative estimate of drug-likeness (QED) is 0.878. The summed E-state index contributed by atoms with van der Waals surface area (Å²) in [6, 6.07) is 8.04. The number of anilines is 1. The number of ether oxygens (including phenoxy) is 1. The number of amides is 1. The van der Waals surface area contributed by atoms with Gasteiger partial charge in [-0.1, -0.05) is 23.3 Å². The van der Waals surface area contributed by atoms with E-state index in [1.54, 1.807) is 0 Å². The topological polar surface area (TPSA) is 80.5 Å². The monoisotopic (exact) mass is 380 g/mol. The van der Waals surface area contributed by atoms with Gasteiger partial charge >= 0.3 is 6.01 Å². The van der Waals surface area contributed by atoms with Gasteiger partial charge in [-0.3, -0.25) is 4.79 Å². The van der Waals surface area contributed by atoms with E-state index >= 15 is 0 Å². The highest BCUT2D eigenvalue weighted by atomic mass is 16.5. The Bertz CT molecular complexity index is 927. The molecule has 146 valence electrons. The van der Waals surface area contributed by atoms with Gasteiger partial charge in [0, 0.05) is 24.6 Å². The van der Waals surface area contributed by atoms with Crippen molar-refractivity contribution in [3.05, 3.63) is 35.7 Å². The van der Waals surface area contributed by atoms with Crippen LogP contribution in [0.1, 0.15) is 55.9 Å². The highest BCUT2D eigenvalue weighted by Crippen LogP contribution is 2.62. The van der Waals surface area contributed by atoms with Crippen LogP contribution >= 0.6 is 0 Å². The minimum atomic E-state index is -0.378. The minimum Gasteiger partial charge on any atom is -0.489 e. The molecule has 3 heterocycles. The number of hydrogen-bond acceptors (Lipinski definition) is 6. The molecule has 4 atom stereocenters. The molecule has 1 amide bonds. The third kappa shape index (κ3) is 2.52. The number of carbonyl (C=O) groups excluding carboxylic acids is 1. The fourth-order valence-electron chi connectivity index (χ4n) is 4.93. The van der Waals surface area contributed by atoms with Crippen molar-refractivity contribution in [1.29, 1.82) is 0 Å². The van der Waals surface area contributed by atoms with Crippen LogP contribution in [0.4, 0.5) is 6.01 Å². The first-order chi connectivity index (χ1) is 13.6. The lowest BCUT2D eigenvalue weighted by atomic mass is 9.93. The number of rotatable bonds is 4. The van der Waals surface area contributed by atoms with E-state index in [0.29, 0.717) is 23.2 Å². The molecule has 0 bridgehead atoms. The SMILES string of the molecule is C[C@@H](Nc1nnc([C@@H]2[C@@H]3Oc4ccccc4[C@@H]32)o1)C(=O)N1CCC2(CC1)CC2. The van der Waals surface area contributed by atoms with Crippen molar-refractivity contribution in [3.63, 3.8) is 0 Å². The average molecular weight is 380 g/mol. The van der Waals surface area contributed by atoms with Gasteiger partial charge in [-0.05, 0) is 44.1 Å². The number of likely N-dealkylation sites (tertiary alicyclic amines) is 1. The molecule has 1 aromatic heterocycles. The van der Waals surface area contributed by atoms with Gasteiger partial charge in [-0.2, -0.15) is 0 Å². The number of nitrogens with zero attached hydrogens (tertiary/aromatic N) is 3. The molecule has 7 heteroatoms. The first kappa shape index (κ1) is 16.4. The predicted molar refractivity (Wildman–Crippen MR) is 101 cm³/mol. The fourth-order valence-corrected chi connectivity index (χ4v) is 4.93. The molecular weight excluding hydrogens is 356 g/mol. The molecule has 2 aliphatic carbocycles. The van der Waals surface area contributed by atoms with Crippen LogP contribution in [-0.4, -0.2) is 46.2 Å². The van der Waals surface area contributed by atoms with Gasteiger partial charge in [-0.15, -0.1) is 5.10 Å². The number of hydrogen-bond donors (Lipinski definition) is 1. The standard InChI is InChI=1S/C21H24N4O3/c1-12(19(26)25-10-8-21(6-7-21)9-11-25)22-20-24-23-18(28-20)16-15-13-4-2-3-5-14(13)27-17(15)16/h2-5,12,15-17H,6-11H2,1H3,(H,22,24)/t12-,15-,16+,17-/m1/s1. The van der Waals surface area contributed by atoms with Crippen molar-refractivity contribution in [2.75, 3.05) is 18.4 Å². The molecule has 2 aliphatic heterocycles. The Morgan fingerprint density at radius 3 is 2.75 bits per heavy atom. The molecule has 2 saturated carbocycles. The second kappa shape index (κ2) is 5.72. The van der Waals surface area contributed by atoms with Crippen molar-refractivity contribution in [2.45, 2.75) is 56.6 Å². The number of benzene rings is 1. The maximum absolute atomic E-state index is 12.7. The summed E-state index contributed by atoms with van der Waals surface area (Å²) in [5.74, 6) is 2.06. The Hall–Kier alpha value is -2.57. The van der Waals surface area contributed by atoms with E-state index in [1.807, 2.05) is 30.0 Å². The molecule has 7 nitrogen and oxygen atoms in total. The van der Waals surface area contributed by atoms with Gasteiger partial charge < -0.3 is 19.4 Å². The number of aromatic nitrogens is 2. The predicted octanol–water partition coefficient (Wildman–Crippen LogP) is 2.91. The maximum atomic E-state index is 12.7. The van der Waals surface area contributed by atoms with Crippen LogP contribution in [0.25, 0.3) is 0 Å². The lowest BCUT2D eigenvalue weighted by Crippen LogP contribution is -2.45. The van der Waals surface area contributed by atoms with Crippen LogP contribution in [0.2, 0.25) is 0 Å². The van der Waals surface area contributed by atoms with Crippen LogP contribution in [0, 0.1) is 5.41 Å². The minimum absolute atomic E-state index is 0.0906. The third-order valence-electron chi connectivity index (χ3n) is 7.02. The molecule has 1 N–H and O–H groups in total. The molecule has 4 aliphatic rings. The summed E-state index contributed by atoms with van der Waals surface area (Å²) in [6.07, 6.45) is 5.05. The third-order valence-corrected chi connectivity index (χ3v) is 7.02. The first-order valence-electron chi connectivity index (χ1n) is 10.3. The molecule has 0 unspecified atom stereocenters. The van der Waals surface area contributed by atoms with Gasteiger partial charge in [0.05, 0.1) is 5.92 Å². The molecule has 0 radical (unpaired) electrons. The van der Waals surface area contributed by atoms with Crippen LogP contribution in [0.15, 0.2) is 28.7 Å². The van der Waals surface area contributed by atoms with Crippen molar-refractivity contribution >= 4 is 11.9 Å². The Labute approximate surface area is 163 Å². The summed E-state index contributed by atoms with van der Waals surface area (Å²) in [7, 11) is 0. The lowest BCUT2D eigenvalue weighted by Gasteiger charge is -2.33. The molecule has 1 saturated heterocycles. The molecule has 28 heavy (non-hydrogen) atoms. The van der Waals surface area contributed by atoms with E-state index in [0.717, 1.165) is 31.7 Å². The molecule has 2 aromatic rings. The highest BCUT2D eigenvalue weighted by molar-refractivity contribution is 5.83. The Morgan fingerprint density at radius 2 is 1.96 bits per heavy atom. The zero-order valence-corrected chi connectivity index (χ0v) is 15.9. The molecule has 6 rings (SSSR count). The summed E-state index contributed by atoms with van der Waals surface area (Å²) in [4.78, 5) is 14.7. The van der Waals surface area contributed by atoms with Crippen LogP contribution < -0.4 is 10.1 Å². The smallest absolute Gasteiger partial charge is 0.316 e. The van der Waals surface area contributed by atoms with E-state index in [4.69, 9.17) is 9.15 Å². The van der Waals surface area contributed by atoms with E-state index in [2.05, 4.69) is 21.6 Å². The Balaban J connectivity index is 1.09. The van der Waals surface area contributed by atoms with Gasteiger partial charge in [0.15, 0.2) is 0 Å². The van der Waals surface area contributed by atoms with E-state index in [1.165, 1.54) is 18.4 Å². The summed E-state index contributed by atoms with van der Waals surface area (Å²) in [5.41, 5.74) is 1.78. The van der Waals surface area contributed by atoms with Crippen molar-refractivity contribution in [3.8, 4) is 5.75 Å². The van der Waals surface area contributed by atoms with E-state index in [-0.39, 0.29) is 24.0 Å². The average Bonchev–Trinajstić information content (AvgIpc) is 3.52. The number of para-hydroxylation sites is 1. The van der Waals surface area contributed by atoms with Crippen molar-refractivity contribution in [1.82, 2.24) is 15.1 Å². The largest absolute Gasteiger partial charge is 0.489 e. The zero-order chi connectivity index (χ0) is 18.9. The second-order valence-corrected chi connectivity index (χ2v) is 8.81. The summed E-state index contributed by atoms with van der Waals surface area (Å²) in [6.45, 7) is 3.59. The molecule has 1 spiro atoms. The second-order valence-electron chi connectivity index (χ2n) is 8.81. The lowest BCUT2D eigenvalue weighted by molar-refractivity contribution is -0.133. The number of fused-ring (bicyclic) bond motifs is 3. The molecule has 3 fully saturated rings. The van der Waals surface area contributed by atoms with Crippen LogP contribution in [0.3, 0.4) is 0 Å². The summed E-state index contributed by atoms with van der Waals surface area (Å²) >= 11 is 0. The van der Waals surface area contributed by atoms with Gasteiger partial charge in [-0.25, -0.2) is 0 Å². The number of nitrogens with one attached hydrogen (secondary N) is 1. The first-order valence-corrected chi connectivity index (χ1v) is 10.3. The number of carbonyl (C=O) groups is 1. The zero-order valence-electron chi connectivity index (χ0n) is 15.9.